The summed E-state index contributed by atoms with van der Waals surface area (Å²) < 4.78 is 5.66. The highest BCUT2D eigenvalue weighted by Gasteiger charge is 2.42. The van der Waals surface area contributed by atoms with E-state index in [2.05, 4.69) is 10.6 Å². The third kappa shape index (κ3) is 9.54. The topological polar surface area (TPSA) is 145 Å². The Morgan fingerprint density at radius 2 is 1.43 bits per heavy atom. The number of cyclic esters (lactones) is 1. The molecule has 0 radical (unpaired) electrons. The molecule has 12 nitrogen and oxygen atoms in total. The molecule has 2 aliphatic rings. The average molecular weight is 656 g/mol. The number of hydrogen-bond acceptors (Lipinski definition) is 7. The van der Waals surface area contributed by atoms with E-state index >= 15 is 0 Å². The molecule has 0 spiro atoms. The molecule has 2 saturated heterocycles. The van der Waals surface area contributed by atoms with E-state index in [1.807, 2.05) is 71.9 Å². The summed E-state index contributed by atoms with van der Waals surface area (Å²) in [5.41, 5.74) is 0.808. The van der Waals surface area contributed by atoms with Crippen LogP contribution in [0.1, 0.15) is 72.8 Å². The smallest absolute Gasteiger partial charge is 0.308 e. The van der Waals surface area contributed by atoms with Crippen molar-refractivity contribution in [3.8, 4) is 0 Å². The van der Waals surface area contributed by atoms with E-state index in [1.54, 1.807) is 7.05 Å². The first-order valence-corrected chi connectivity index (χ1v) is 16.8. The molecule has 2 N–H and O–H groups in total. The minimum absolute atomic E-state index is 0.0186. The first-order valence-electron chi connectivity index (χ1n) is 16.8. The van der Waals surface area contributed by atoms with Crippen LogP contribution in [0.2, 0.25) is 0 Å². The molecule has 0 bridgehead atoms. The van der Waals surface area contributed by atoms with Crippen LogP contribution >= 0.6 is 0 Å². The number of likely N-dealkylation sites (N-methyl/N-ethyl adjacent to an activating group) is 2. The van der Waals surface area contributed by atoms with E-state index < -0.39 is 65.8 Å². The molecule has 5 atom stereocenters. The highest BCUT2D eigenvalue weighted by molar-refractivity contribution is 5.96. The first-order chi connectivity index (χ1) is 22.1. The van der Waals surface area contributed by atoms with Gasteiger partial charge in [-0.25, -0.2) is 0 Å². The lowest BCUT2D eigenvalue weighted by molar-refractivity contribution is -0.162. The molecule has 2 fully saturated rings. The number of benzene rings is 1. The Hall–Kier alpha value is -3.96. The molecule has 2 heterocycles. The maximum absolute atomic E-state index is 14.3. The second-order valence-electron chi connectivity index (χ2n) is 13.9. The summed E-state index contributed by atoms with van der Waals surface area (Å²) in [4.78, 5) is 86.6. The summed E-state index contributed by atoms with van der Waals surface area (Å²) in [6, 6.07) is 5.54. The summed E-state index contributed by atoms with van der Waals surface area (Å²) >= 11 is 0. The summed E-state index contributed by atoms with van der Waals surface area (Å²) in [5, 5.41) is 5.67. The quantitative estimate of drug-likeness (QED) is 0.447. The molecule has 0 saturated carbocycles. The Morgan fingerprint density at radius 1 is 0.809 bits per heavy atom. The Bertz CT molecular complexity index is 1280. The fraction of sp³-hybridized carbons (Fsp3) is 0.657. The van der Waals surface area contributed by atoms with Crippen LogP contribution in [0.3, 0.4) is 0 Å². The van der Waals surface area contributed by atoms with E-state index in [0.29, 0.717) is 19.4 Å². The van der Waals surface area contributed by atoms with Gasteiger partial charge in [0.05, 0.1) is 6.42 Å². The van der Waals surface area contributed by atoms with Crippen molar-refractivity contribution in [2.45, 2.75) is 104 Å². The predicted molar refractivity (Wildman–Crippen MR) is 177 cm³/mol. The maximum atomic E-state index is 14.3. The molecule has 2 aliphatic heterocycles. The summed E-state index contributed by atoms with van der Waals surface area (Å²) in [6.07, 6.45) is 0.120. The van der Waals surface area contributed by atoms with Crippen LogP contribution in [0.5, 0.6) is 0 Å². The molecule has 260 valence electrons. The number of fused-ring (bicyclic) bond motifs is 1. The van der Waals surface area contributed by atoms with Gasteiger partial charge in [0, 0.05) is 33.6 Å². The van der Waals surface area contributed by atoms with Crippen LogP contribution in [0.4, 0.5) is 0 Å². The van der Waals surface area contributed by atoms with Gasteiger partial charge in [-0.3, -0.25) is 28.8 Å². The summed E-state index contributed by atoms with van der Waals surface area (Å²) in [7, 11) is 3.08. The number of nitrogens with zero attached hydrogens (tertiary/aromatic N) is 3. The molecule has 0 unspecified atom stereocenters. The molecule has 1 aromatic carbocycles. The number of esters is 1. The second kappa shape index (κ2) is 16.7. The third-order valence-electron chi connectivity index (χ3n) is 8.91. The minimum atomic E-state index is -1.10. The van der Waals surface area contributed by atoms with E-state index in [0.717, 1.165) is 5.56 Å². The van der Waals surface area contributed by atoms with Crippen molar-refractivity contribution in [1.29, 1.82) is 0 Å². The van der Waals surface area contributed by atoms with Crippen molar-refractivity contribution < 1.29 is 33.5 Å². The van der Waals surface area contributed by atoms with Gasteiger partial charge in [-0.15, -0.1) is 0 Å². The molecule has 0 aliphatic carbocycles. The molecule has 1 aromatic rings. The van der Waals surface area contributed by atoms with E-state index in [9.17, 15) is 28.8 Å². The lowest BCUT2D eigenvalue weighted by atomic mass is 9.96. The summed E-state index contributed by atoms with van der Waals surface area (Å²) in [5.74, 6) is -3.51. The van der Waals surface area contributed by atoms with Gasteiger partial charge in [0.2, 0.25) is 23.6 Å². The fourth-order valence-electron chi connectivity index (χ4n) is 6.60. The van der Waals surface area contributed by atoms with E-state index in [1.165, 1.54) is 21.7 Å². The molecule has 12 heteroatoms. The van der Waals surface area contributed by atoms with Gasteiger partial charge in [0.25, 0.3) is 5.91 Å². The van der Waals surface area contributed by atoms with Crippen LogP contribution in [0, 0.1) is 17.8 Å². The monoisotopic (exact) mass is 655 g/mol. The number of rotatable bonds is 6. The van der Waals surface area contributed by atoms with E-state index in [-0.39, 0.29) is 43.6 Å². The number of nitrogens with one attached hydrogen (secondary N) is 2. The highest BCUT2D eigenvalue weighted by Crippen LogP contribution is 2.24. The van der Waals surface area contributed by atoms with Gasteiger partial charge in [0.1, 0.15) is 24.2 Å². The lowest BCUT2D eigenvalue weighted by Gasteiger charge is -2.38. The number of carbonyl (C=O) groups excluding carboxylic acids is 6. The highest BCUT2D eigenvalue weighted by atomic mass is 16.5. The molecular formula is C35H53N5O7. The van der Waals surface area contributed by atoms with Gasteiger partial charge in [-0.2, -0.15) is 0 Å². The zero-order valence-electron chi connectivity index (χ0n) is 29.2. The van der Waals surface area contributed by atoms with Crippen molar-refractivity contribution in [2.75, 3.05) is 27.2 Å². The predicted octanol–water partition coefficient (Wildman–Crippen LogP) is 2.15. The zero-order chi connectivity index (χ0) is 35.0. The third-order valence-corrected chi connectivity index (χ3v) is 8.91. The first kappa shape index (κ1) is 37.5. The fourth-order valence-corrected chi connectivity index (χ4v) is 6.60. The normalized spacial score (nSPS) is 26.2. The van der Waals surface area contributed by atoms with Crippen molar-refractivity contribution in [1.82, 2.24) is 25.3 Å². The van der Waals surface area contributed by atoms with Crippen molar-refractivity contribution >= 4 is 35.5 Å². The van der Waals surface area contributed by atoms with Crippen LogP contribution in [-0.4, -0.2) is 108 Å². The molecule has 47 heavy (non-hydrogen) atoms. The molecule has 0 aromatic heterocycles. The largest absolute Gasteiger partial charge is 0.452 e. The van der Waals surface area contributed by atoms with Crippen molar-refractivity contribution in [3.63, 3.8) is 0 Å². The number of ether oxygens (including phenoxy) is 1. The van der Waals surface area contributed by atoms with Crippen LogP contribution in [0.15, 0.2) is 30.3 Å². The number of amides is 5. The Labute approximate surface area is 278 Å². The van der Waals surface area contributed by atoms with Crippen LogP contribution < -0.4 is 10.6 Å². The van der Waals surface area contributed by atoms with Crippen LogP contribution in [-0.2, 0) is 39.9 Å². The minimum Gasteiger partial charge on any atom is -0.452 e. The molecule has 3 rings (SSSR count). The standard InChI is InChI=1S/C35H53N5O7/c1-21(2)19-27-34(45)40-18-12-15-26(40)31(42)37-25(20-24-13-10-9-11-14-24)33(44)39(8)30(23(5)6)35(46)38(7)29(22(3)4)32(43)36-17-16-28(41)47-27/h9-11,13-14,21-23,25-27,29-30H,12,15-20H2,1-8H3,(H,36,43)(H,37,42)/t25-,26-,27-,29-,30-/m0/s1. The maximum Gasteiger partial charge on any atom is 0.308 e. The Balaban J connectivity index is 2.08. The SMILES string of the molecule is CC(C)C[C@@H]1OC(=O)CCNC(=O)[C@H](C(C)C)N(C)C(=O)[C@H](C(C)C)N(C)C(=O)[C@H](Cc2ccccc2)NC(=O)[C@@H]2CCCN2C1=O. The van der Waals surface area contributed by atoms with E-state index in [4.69, 9.17) is 4.74 Å². The zero-order valence-corrected chi connectivity index (χ0v) is 29.2. The van der Waals surface area contributed by atoms with Crippen LogP contribution in [0.25, 0.3) is 0 Å². The number of carbonyl (C=O) groups is 6. The van der Waals surface area contributed by atoms with Gasteiger partial charge < -0.3 is 30.1 Å². The second-order valence-corrected chi connectivity index (χ2v) is 13.9. The van der Waals surface area contributed by atoms with Crippen molar-refractivity contribution in [2.24, 2.45) is 17.8 Å². The Morgan fingerprint density at radius 3 is 2.02 bits per heavy atom. The summed E-state index contributed by atoms with van der Waals surface area (Å²) in [6.45, 7) is 11.4. The van der Waals surface area contributed by atoms with Crippen molar-refractivity contribution in [3.05, 3.63) is 35.9 Å². The van der Waals surface area contributed by atoms with Gasteiger partial charge in [0.15, 0.2) is 6.10 Å². The lowest BCUT2D eigenvalue weighted by Crippen LogP contribution is -2.61. The van der Waals surface area contributed by atoms with Gasteiger partial charge in [-0.1, -0.05) is 71.9 Å². The van der Waals surface area contributed by atoms with Gasteiger partial charge in [-0.05, 0) is 42.6 Å². The molecule has 5 amide bonds. The van der Waals surface area contributed by atoms with Gasteiger partial charge >= 0.3 is 5.97 Å². The average Bonchev–Trinajstić information content (AvgIpc) is 3.49. The molecular weight excluding hydrogens is 602 g/mol. The number of hydrogen-bond donors (Lipinski definition) is 2. The Kier molecular flexibility index (Phi) is 13.4.